The molecule has 0 aromatic heterocycles. The maximum Gasteiger partial charge on any atom is 0.123 e. The third kappa shape index (κ3) is 4.75. The zero-order chi connectivity index (χ0) is 12.7. The van der Waals surface area contributed by atoms with E-state index in [1.54, 1.807) is 20.5 Å². The van der Waals surface area contributed by atoms with E-state index in [0.29, 0.717) is 12.3 Å². The summed E-state index contributed by atoms with van der Waals surface area (Å²) in [7, 11) is 2.53. The van der Waals surface area contributed by atoms with Crippen LogP contribution in [0.5, 0.6) is 11.5 Å². The SMILES string of the molecule is COc1ccc(OC)c(CNCCS(C)=O)c1. The molecule has 0 heterocycles. The molecule has 1 unspecified atom stereocenters. The van der Waals surface area contributed by atoms with Gasteiger partial charge in [-0.05, 0) is 18.2 Å². The molecule has 0 aliphatic carbocycles. The van der Waals surface area contributed by atoms with Crippen molar-refractivity contribution >= 4 is 10.8 Å². The van der Waals surface area contributed by atoms with E-state index in [4.69, 9.17) is 9.47 Å². The van der Waals surface area contributed by atoms with Crippen LogP contribution >= 0.6 is 0 Å². The van der Waals surface area contributed by atoms with Gasteiger partial charge in [0, 0.05) is 41.5 Å². The molecule has 1 aromatic carbocycles. The molecule has 4 nitrogen and oxygen atoms in total. The molecule has 1 atom stereocenters. The summed E-state index contributed by atoms with van der Waals surface area (Å²) in [5.74, 6) is 2.30. The van der Waals surface area contributed by atoms with E-state index in [1.807, 2.05) is 18.2 Å². The lowest BCUT2D eigenvalue weighted by atomic mass is 10.2. The van der Waals surface area contributed by atoms with Crippen LogP contribution in [0.1, 0.15) is 5.56 Å². The van der Waals surface area contributed by atoms with Crippen LogP contribution in [-0.4, -0.2) is 37.0 Å². The molecule has 0 saturated carbocycles. The minimum absolute atomic E-state index is 0.659. The van der Waals surface area contributed by atoms with Crippen LogP contribution in [0.25, 0.3) is 0 Å². The number of benzene rings is 1. The van der Waals surface area contributed by atoms with E-state index in [9.17, 15) is 4.21 Å². The highest BCUT2D eigenvalue weighted by Crippen LogP contribution is 2.23. The van der Waals surface area contributed by atoms with E-state index < -0.39 is 10.8 Å². The number of hydrogen-bond donors (Lipinski definition) is 1. The molecule has 96 valence electrons. The van der Waals surface area contributed by atoms with Crippen LogP contribution in [0.2, 0.25) is 0 Å². The Morgan fingerprint density at radius 2 is 2.06 bits per heavy atom. The predicted octanol–water partition coefficient (Wildman–Crippen LogP) is 1.17. The summed E-state index contributed by atoms with van der Waals surface area (Å²) in [5.41, 5.74) is 1.04. The summed E-state index contributed by atoms with van der Waals surface area (Å²) >= 11 is 0. The number of methoxy groups -OCH3 is 2. The molecule has 0 aliphatic heterocycles. The highest BCUT2D eigenvalue weighted by atomic mass is 32.2. The Labute approximate surface area is 105 Å². The smallest absolute Gasteiger partial charge is 0.123 e. The van der Waals surface area contributed by atoms with Gasteiger partial charge in [-0.3, -0.25) is 4.21 Å². The summed E-state index contributed by atoms with van der Waals surface area (Å²) in [6.45, 7) is 1.40. The molecule has 17 heavy (non-hydrogen) atoms. The Kier molecular flexibility index (Phi) is 6.00. The predicted molar refractivity (Wildman–Crippen MR) is 70.2 cm³/mol. The largest absolute Gasteiger partial charge is 0.497 e. The first-order valence-electron chi connectivity index (χ1n) is 5.39. The van der Waals surface area contributed by atoms with E-state index in [0.717, 1.165) is 23.6 Å². The highest BCUT2D eigenvalue weighted by molar-refractivity contribution is 7.84. The van der Waals surface area contributed by atoms with Crippen LogP contribution in [0.3, 0.4) is 0 Å². The van der Waals surface area contributed by atoms with Crippen molar-refractivity contribution in [1.82, 2.24) is 5.32 Å². The molecular weight excluding hydrogens is 238 g/mol. The number of nitrogens with one attached hydrogen (secondary N) is 1. The van der Waals surface area contributed by atoms with E-state index in [1.165, 1.54) is 0 Å². The second-order valence-corrected chi connectivity index (χ2v) is 5.19. The number of ether oxygens (including phenoxy) is 2. The van der Waals surface area contributed by atoms with E-state index in [-0.39, 0.29) is 0 Å². The molecule has 0 amide bonds. The Balaban J connectivity index is 2.58. The van der Waals surface area contributed by atoms with Gasteiger partial charge in [0.2, 0.25) is 0 Å². The number of rotatable bonds is 7. The zero-order valence-corrected chi connectivity index (χ0v) is 11.3. The molecule has 1 rings (SSSR count). The molecule has 0 spiro atoms. The fraction of sp³-hybridized carbons (Fsp3) is 0.500. The first-order chi connectivity index (χ1) is 8.17. The third-order valence-electron chi connectivity index (χ3n) is 2.37. The lowest BCUT2D eigenvalue weighted by Crippen LogP contribution is -2.20. The second-order valence-electron chi connectivity index (χ2n) is 3.63. The molecule has 0 fully saturated rings. The van der Waals surface area contributed by atoms with Gasteiger partial charge in [-0.1, -0.05) is 0 Å². The van der Waals surface area contributed by atoms with Crippen LogP contribution in [0, 0.1) is 0 Å². The second kappa shape index (κ2) is 7.29. The van der Waals surface area contributed by atoms with Crippen molar-refractivity contribution in [2.45, 2.75) is 6.54 Å². The third-order valence-corrected chi connectivity index (χ3v) is 3.15. The van der Waals surface area contributed by atoms with Gasteiger partial charge in [0.1, 0.15) is 11.5 Å². The van der Waals surface area contributed by atoms with Gasteiger partial charge in [-0.25, -0.2) is 0 Å². The molecule has 0 radical (unpaired) electrons. The summed E-state index contributed by atoms with van der Waals surface area (Å²) in [6.07, 6.45) is 1.70. The Hall–Kier alpha value is -1.07. The summed E-state index contributed by atoms with van der Waals surface area (Å²) < 4.78 is 21.3. The van der Waals surface area contributed by atoms with Crippen molar-refractivity contribution in [3.05, 3.63) is 23.8 Å². The van der Waals surface area contributed by atoms with Crippen molar-refractivity contribution in [2.75, 3.05) is 32.8 Å². The molecule has 0 aliphatic rings. The van der Waals surface area contributed by atoms with Gasteiger partial charge in [-0.15, -0.1) is 0 Å². The normalized spacial score (nSPS) is 12.2. The van der Waals surface area contributed by atoms with Gasteiger partial charge in [0.25, 0.3) is 0 Å². The van der Waals surface area contributed by atoms with Gasteiger partial charge < -0.3 is 14.8 Å². The highest BCUT2D eigenvalue weighted by Gasteiger charge is 2.04. The molecule has 1 N–H and O–H groups in total. The Bertz CT molecular complexity index is 382. The monoisotopic (exact) mass is 257 g/mol. The Morgan fingerprint density at radius 3 is 2.65 bits per heavy atom. The fourth-order valence-corrected chi connectivity index (χ4v) is 1.89. The average Bonchev–Trinajstić information content (AvgIpc) is 2.34. The van der Waals surface area contributed by atoms with Crippen LogP contribution < -0.4 is 14.8 Å². The fourth-order valence-electron chi connectivity index (χ4n) is 1.46. The molecule has 0 saturated heterocycles. The van der Waals surface area contributed by atoms with Gasteiger partial charge in [0.15, 0.2) is 0 Å². The summed E-state index contributed by atoms with van der Waals surface area (Å²) in [4.78, 5) is 0. The van der Waals surface area contributed by atoms with Crippen molar-refractivity contribution in [1.29, 1.82) is 0 Å². The van der Waals surface area contributed by atoms with Crippen LogP contribution in [-0.2, 0) is 17.3 Å². The van der Waals surface area contributed by atoms with Crippen molar-refractivity contribution in [3.8, 4) is 11.5 Å². The average molecular weight is 257 g/mol. The molecule has 5 heteroatoms. The minimum atomic E-state index is -0.755. The van der Waals surface area contributed by atoms with Crippen LogP contribution in [0.4, 0.5) is 0 Å². The maximum absolute atomic E-state index is 10.9. The van der Waals surface area contributed by atoms with Crippen molar-refractivity contribution in [2.24, 2.45) is 0 Å². The first kappa shape index (κ1) is 14.0. The topological polar surface area (TPSA) is 47.6 Å². The first-order valence-corrected chi connectivity index (χ1v) is 7.11. The molecule has 1 aromatic rings. The standard InChI is InChI=1S/C12H19NO3S/c1-15-11-4-5-12(16-2)10(8-11)9-13-6-7-17(3)14/h4-5,8,13H,6-7,9H2,1-3H3. The zero-order valence-electron chi connectivity index (χ0n) is 10.5. The van der Waals surface area contributed by atoms with Crippen molar-refractivity contribution in [3.63, 3.8) is 0 Å². The summed E-state index contributed by atoms with van der Waals surface area (Å²) in [5, 5.41) is 3.23. The van der Waals surface area contributed by atoms with Crippen molar-refractivity contribution < 1.29 is 13.7 Å². The lowest BCUT2D eigenvalue weighted by Gasteiger charge is -2.11. The van der Waals surface area contributed by atoms with Gasteiger partial charge >= 0.3 is 0 Å². The quantitative estimate of drug-likeness (QED) is 0.745. The maximum atomic E-state index is 10.9. The number of hydrogen-bond acceptors (Lipinski definition) is 4. The lowest BCUT2D eigenvalue weighted by molar-refractivity contribution is 0.397. The minimum Gasteiger partial charge on any atom is -0.497 e. The summed E-state index contributed by atoms with van der Waals surface area (Å²) in [6, 6.07) is 5.69. The van der Waals surface area contributed by atoms with Crippen LogP contribution in [0.15, 0.2) is 18.2 Å². The van der Waals surface area contributed by atoms with E-state index >= 15 is 0 Å². The van der Waals surface area contributed by atoms with Gasteiger partial charge in [-0.2, -0.15) is 0 Å². The van der Waals surface area contributed by atoms with Gasteiger partial charge in [0.05, 0.1) is 14.2 Å². The molecule has 0 bridgehead atoms. The Morgan fingerprint density at radius 1 is 1.29 bits per heavy atom. The molecular formula is C12H19NO3S. The van der Waals surface area contributed by atoms with E-state index in [2.05, 4.69) is 5.32 Å².